The van der Waals surface area contributed by atoms with Crippen LogP contribution in [0.4, 0.5) is 0 Å². The highest BCUT2D eigenvalue weighted by molar-refractivity contribution is 7.13. The van der Waals surface area contributed by atoms with Crippen molar-refractivity contribution in [3.8, 4) is 16.3 Å². The Morgan fingerprint density at radius 3 is 2.63 bits per heavy atom. The summed E-state index contributed by atoms with van der Waals surface area (Å²) < 4.78 is 5.25. The van der Waals surface area contributed by atoms with Crippen LogP contribution in [0.15, 0.2) is 53.9 Å². The number of thiazole rings is 1. The number of amides is 2. The number of nitrogens with zero attached hydrogens (tertiary/aromatic N) is 2. The van der Waals surface area contributed by atoms with Gasteiger partial charge < -0.3 is 9.84 Å². The van der Waals surface area contributed by atoms with Crippen molar-refractivity contribution in [3.05, 3.63) is 70.7 Å². The highest BCUT2D eigenvalue weighted by atomic mass is 32.1. The summed E-state index contributed by atoms with van der Waals surface area (Å²) >= 11 is 1.41. The molecular formula is C22H16N2O5S. The van der Waals surface area contributed by atoms with Crippen molar-refractivity contribution < 1.29 is 24.2 Å². The summed E-state index contributed by atoms with van der Waals surface area (Å²) in [7, 11) is 1.59. The molecule has 3 aromatic rings. The van der Waals surface area contributed by atoms with Crippen LogP contribution < -0.4 is 4.74 Å². The van der Waals surface area contributed by atoms with Gasteiger partial charge in [0.15, 0.2) is 0 Å². The third-order valence-corrected chi connectivity index (χ3v) is 5.50. The molecule has 0 atom stereocenters. The fraction of sp³-hybridized carbons (Fsp3) is 0.0909. The molecule has 1 aliphatic rings. The largest absolute Gasteiger partial charge is 0.497 e. The number of hydrogen-bond donors (Lipinski definition) is 1. The maximum absolute atomic E-state index is 12.9. The number of carboxylic acids is 1. The summed E-state index contributed by atoms with van der Waals surface area (Å²) in [6, 6.07) is 14.1. The molecule has 2 heterocycles. The average molecular weight is 420 g/mol. The number of carbonyl (C=O) groups excluding carboxylic acids is 2. The highest BCUT2D eigenvalue weighted by Crippen LogP contribution is 2.32. The lowest BCUT2D eigenvalue weighted by atomic mass is 9.93. The van der Waals surface area contributed by atoms with Crippen LogP contribution in [0.3, 0.4) is 0 Å². The van der Waals surface area contributed by atoms with Crippen molar-refractivity contribution in [2.24, 2.45) is 0 Å². The van der Waals surface area contributed by atoms with E-state index in [4.69, 9.17) is 9.84 Å². The molecule has 1 aliphatic heterocycles. The topological polar surface area (TPSA) is 96.8 Å². The van der Waals surface area contributed by atoms with E-state index in [1.165, 1.54) is 11.3 Å². The third kappa shape index (κ3) is 3.60. The molecule has 0 saturated carbocycles. The number of methoxy groups -OCH3 is 1. The maximum Gasteiger partial charge on any atom is 0.323 e. The molecule has 0 spiro atoms. The lowest BCUT2D eigenvalue weighted by Gasteiger charge is -2.27. The summed E-state index contributed by atoms with van der Waals surface area (Å²) in [5, 5.41) is 11.7. The van der Waals surface area contributed by atoms with Gasteiger partial charge >= 0.3 is 5.97 Å². The van der Waals surface area contributed by atoms with Crippen LogP contribution in [0.1, 0.15) is 21.6 Å². The second-order valence-corrected chi connectivity index (χ2v) is 7.36. The molecule has 0 fully saturated rings. The van der Waals surface area contributed by atoms with Crippen LogP contribution in [0.5, 0.6) is 5.75 Å². The van der Waals surface area contributed by atoms with Gasteiger partial charge in [0, 0.05) is 22.1 Å². The van der Waals surface area contributed by atoms with Crippen LogP contribution in [-0.2, 0) is 9.59 Å². The van der Waals surface area contributed by atoms with Crippen molar-refractivity contribution in [1.82, 2.24) is 9.88 Å². The van der Waals surface area contributed by atoms with Crippen molar-refractivity contribution in [1.29, 1.82) is 0 Å². The Bertz CT molecular complexity index is 1200. The molecule has 30 heavy (non-hydrogen) atoms. The monoisotopic (exact) mass is 420 g/mol. The summed E-state index contributed by atoms with van der Waals surface area (Å²) in [6.07, 6.45) is 1.59. The summed E-state index contributed by atoms with van der Waals surface area (Å²) in [5.41, 5.74) is 2.40. The maximum atomic E-state index is 12.9. The highest BCUT2D eigenvalue weighted by Gasteiger charge is 2.35. The number of fused-ring (bicyclic) bond motifs is 1. The minimum Gasteiger partial charge on any atom is -0.497 e. The average Bonchev–Trinajstić information content (AvgIpc) is 3.23. The van der Waals surface area contributed by atoms with E-state index in [1.54, 1.807) is 42.8 Å². The van der Waals surface area contributed by atoms with E-state index in [9.17, 15) is 14.4 Å². The number of aliphatic carboxylic acids is 1. The number of carboxylic acid groups (broad SMARTS) is 1. The Balaban J connectivity index is 1.76. The van der Waals surface area contributed by atoms with Gasteiger partial charge in [0.05, 0.1) is 18.4 Å². The van der Waals surface area contributed by atoms with Crippen molar-refractivity contribution in [2.75, 3.05) is 13.7 Å². The van der Waals surface area contributed by atoms with E-state index in [1.807, 2.05) is 24.3 Å². The second-order valence-electron chi connectivity index (χ2n) is 6.50. The second kappa shape index (κ2) is 7.92. The molecule has 2 amide bonds. The van der Waals surface area contributed by atoms with Crippen LogP contribution in [0, 0.1) is 0 Å². The first-order chi connectivity index (χ1) is 14.5. The molecule has 4 rings (SSSR count). The van der Waals surface area contributed by atoms with Crippen LogP contribution in [-0.4, -0.2) is 46.4 Å². The number of benzene rings is 2. The van der Waals surface area contributed by atoms with Gasteiger partial charge in [-0.25, -0.2) is 4.98 Å². The summed E-state index contributed by atoms with van der Waals surface area (Å²) in [6.45, 7) is -0.699. The smallest absolute Gasteiger partial charge is 0.323 e. The van der Waals surface area contributed by atoms with Crippen molar-refractivity contribution in [3.63, 3.8) is 0 Å². The van der Waals surface area contributed by atoms with Crippen molar-refractivity contribution >= 4 is 40.8 Å². The lowest BCUT2D eigenvalue weighted by Crippen LogP contribution is -2.44. The lowest BCUT2D eigenvalue weighted by molar-refractivity contribution is -0.141. The minimum absolute atomic E-state index is 0.231. The van der Waals surface area contributed by atoms with E-state index >= 15 is 0 Å². The minimum atomic E-state index is -1.26. The Morgan fingerprint density at radius 1 is 1.13 bits per heavy atom. The Morgan fingerprint density at radius 2 is 1.90 bits per heavy atom. The van der Waals surface area contributed by atoms with Gasteiger partial charge in [0.1, 0.15) is 17.3 Å². The Kier molecular flexibility index (Phi) is 5.16. The Hall–Kier alpha value is -3.78. The van der Waals surface area contributed by atoms with Gasteiger partial charge in [-0.05, 0) is 24.3 Å². The number of ether oxygens (including phenoxy) is 1. The van der Waals surface area contributed by atoms with E-state index < -0.39 is 24.3 Å². The number of aromatic nitrogens is 1. The molecule has 8 heteroatoms. The predicted octanol–water partition coefficient (Wildman–Crippen LogP) is 3.43. The zero-order valence-electron chi connectivity index (χ0n) is 15.9. The van der Waals surface area contributed by atoms with E-state index in [2.05, 4.69) is 4.98 Å². The zero-order valence-corrected chi connectivity index (χ0v) is 16.7. The first kappa shape index (κ1) is 19.5. The predicted molar refractivity (Wildman–Crippen MR) is 112 cm³/mol. The van der Waals surface area contributed by atoms with Gasteiger partial charge in [-0.15, -0.1) is 11.3 Å². The zero-order chi connectivity index (χ0) is 21.3. The molecule has 0 bridgehead atoms. The third-order valence-electron chi connectivity index (χ3n) is 4.59. The summed E-state index contributed by atoms with van der Waals surface area (Å²) in [4.78, 5) is 42.0. The van der Waals surface area contributed by atoms with Crippen LogP contribution in [0.2, 0.25) is 0 Å². The first-order valence-corrected chi connectivity index (χ1v) is 9.85. The number of hydrogen-bond acceptors (Lipinski definition) is 6. The molecule has 0 saturated heterocycles. The fourth-order valence-corrected chi connectivity index (χ4v) is 3.98. The van der Waals surface area contributed by atoms with E-state index in [0.29, 0.717) is 17.0 Å². The number of imide groups is 1. The standard InChI is InChI=1S/C22H16N2O5S/c1-29-15-6-4-5-13(9-15)20-23-14(12-30-20)10-18-16-7-2-3-8-17(16)21(27)24(22(18)28)11-19(25)26/h2-10,12H,11H2,1H3,(H,25,26)/b18-10+. The van der Waals surface area contributed by atoms with E-state index in [0.717, 1.165) is 15.5 Å². The molecule has 0 radical (unpaired) electrons. The first-order valence-electron chi connectivity index (χ1n) is 8.97. The molecule has 0 aliphatic carbocycles. The van der Waals surface area contributed by atoms with Gasteiger partial charge in [0.25, 0.3) is 11.8 Å². The SMILES string of the molecule is COc1cccc(-c2nc(/C=C3/C(=O)N(CC(=O)O)C(=O)c4ccccc43)cs2)c1. The fourth-order valence-electron chi connectivity index (χ4n) is 3.21. The van der Waals surface area contributed by atoms with Gasteiger partial charge in [-0.2, -0.15) is 0 Å². The van der Waals surface area contributed by atoms with E-state index in [-0.39, 0.29) is 11.1 Å². The van der Waals surface area contributed by atoms with Crippen LogP contribution >= 0.6 is 11.3 Å². The number of rotatable bonds is 5. The molecule has 0 unspecified atom stereocenters. The normalized spacial score (nSPS) is 14.7. The molecule has 150 valence electrons. The number of carbonyl (C=O) groups is 3. The molecular weight excluding hydrogens is 404 g/mol. The molecule has 1 N–H and O–H groups in total. The van der Waals surface area contributed by atoms with Gasteiger partial charge in [-0.1, -0.05) is 30.3 Å². The van der Waals surface area contributed by atoms with Crippen LogP contribution in [0.25, 0.3) is 22.2 Å². The van der Waals surface area contributed by atoms with Gasteiger partial charge in [0.2, 0.25) is 0 Å². The molecule has 1 aromatic heterocycles. The molecule has 7 nitrogen and oxygen atoms in total. The molecule has 2 aromatic carbocycles. The summed E-state index contributed by atoms with van der Waals surface area (Å²) in [5.74, 6) is -1.83. The quantitative estimate of drug-likeness (QED) is 0.502. The van der Waals surface area contributed by atoms with Gasteiger partial charge in [-0.3, -0.25) is 19.3 Å². The Labute approximate surface area is 175 Å². The van der Waals surface area contributed by atoms with Crippen molar-refractivity contribution in [2.45, 2.75) is 0 Å².